The molecule has 2 saturated heterocycles. The molecule has 4 aromatic carbocycles. The van der Waals surface area contributed by atoms with Crippen molar-refractivity contribution in [3.05, 3.63) is 131 Å². The number of imidazole rings is 2. The fraction of sp³-hybridized carbons (Fsp3) is 0.477. The summed E-state index contributed by atoms with van der Waals surface area (Å²) >= 11 is 0. The van der Waals surface area contributed by atoms with E-state index in [2.05, 4.69) is 112 Å². The van der Waals surface area contributed by atoms with Crippen molar-refractivity contribution in [1.29, 1.82) is 0 Å². The number of rotatable bonds is 12. The van der Waals surface area contributed by atoms with Gasteiger partial charge in [-0.1, -0.05) is 145 Å². The van der Waals surface area contributed by atoms with Gasteiger partial charge in [0.15, 0.2) is 0 Å². The van der Waals surface area contributed by atoms with E-state index in [0.29, 0.717) is 11.8 Å². The normalized spacial score (nSPS) is 23.4. The van der Waals surface area contributed by atoms with Crippen LogP contribution in [0.2, 0.25) is 0 Å². The van der Waals surface area contributed by atoms with Crippen LogP contribution in [0.3, 0.4) is 0 Å². The number of hydrogen-bond acceptors (Lipinski definition) is 8. The van der Waals surface area contributed by atoms with Crippen molar-refractivity contribution < 1.29 is 28.7 Å². The van der Waals surface area contributed by atoms with Gasteiger partial charge < -0.3 is 39.9 Å². The number of H-pyrrole nitrogens is 2. The number of amides is 4. The van der Waals surface area contributed by atoms with Crippen molar-refractivity contribution in [2.45, 2.75) is 160 Å². The maximum Gasteiger partial charge on any atom is 0.407 e. The fourth-order valence-electron chi connectivity index (χ4n) is 14.1. The third-order valence-corrected chi connectivity index (χ3v) is 18.4. The molecule has 14 rings (SSSR count). The number of aromatic amines is 2. The summed E-state index contributed by atoms with van der Waals surface area (Å²) in [5.41, 5.74) is 14.0. The summed E-state index contributed by atoms with van der Waals surface area (Å²) in [5, 5.41) is 5.66. The maximum absolute atomic E-state index is 14.4. The second-order valence-electron chi connectivity index (χ2n) is 24.0. The molecule has 14 nitrogen and oxygen atoms in total. The number of aromatic nitrogens is 4. The summed E-state index contributed by atoms with van der Waals surface area (Å²) in [5.74, 6) is 2.29. The number of alkyl carbamates (subject to hydrolysis) is 2. The third-order valence-electron chi connectivity index (χ3n) is 18.4. The Bertz CT molecular complexity index is 3180. The molecular weight excluding hydrogens is 989 g/mol. The minimum atomic E-state index is -0.690. The number of nitrogens with zero attached hydrogens (tertiary/aromatic N) is 4. The molecule has 79 heavy (non-hydrogen) atoms. The van der Waals surface area contributed by atoms with Gasteiger partial charge >= 0.3 is 12.2 Å². The Hall–Kier alpha value is -7.22. The summed E-state index contributed by atoms with van der Waals surface area (Å²) in [7, 11) is 2.66. The summed E-state index contributed by atoms with van der Waals surface area (Å²) in [6, 6.07) is 30.2. The number of hydrogen-bond donors (Lipinski definition) is 4. The van der Waals surface area contributed by atoms with E-state index in [1.807, 2.05) is 49.9 Å². The van der Waals surface area contributed by atoms with Gasteiger partial charge in [-0.2, -0.15) is 0 Å². The highest BCUT2D eigenvalue weighted by Crippen LogP contribution is 2.48. The first-order chi connectivity index (χ1) is 38.3. The van der Waals surface area contributed by atoms with Crippen LogP contribution in [0.1, 0.15) is 151 Å². The van der Waals surface area contributed by atoms with Crippen LogP contribution < -0.4 is 10.6 Å². The number of fused-ring (bicyclic) bond motifs is 2. The van der Waals surface area contributed by atoms with E-state index < -0.39 is 24.3 Å². The molecule has 6 aliphatic carbocycles. The standard InChI is InChI=1S/C65H78N8O6/c1-37(2)58(70-64(76)78-6)62(74)72-54-14-10-8-12-48(54)33-56(72)60-66-35-52(68-60)44-25-20-42(21-26-44)50-31-40-16-18-41-24-29-46(39(5)30-47(50)19-17-40)32-51(41)43-22-27-45(28-23-43)53-36-67-61(69-53)57-34-49-13-9-11-15-55(49)73(57)63(75)59(38(3)4)71-65(77)79-7/h17,19-29,31-32,35-39,48-49,54-59H,8-16,18,30,33-34H2,1-7H3,(H,66,68)(H,67,69)(H,70,76)(H,71,77). The first-order valence-electron chi connectivity index (χ1n) is 29.2. The number of aryl methyl sites for hydroxylation is 2. The third kappa shape index (κ3) is 10.8. The Balaban J connectivity index is 0.795. The van der Waals surface area contributed by atoms with Gasteiger partial charge in [0.05, 0.1) is 50.1 Å². The zero-order valence-electron chi connectivity index (χ0n) is 47.0. The minimum Gasteiger partial charge on any atom is -0.453 e. The summed E-state index contributed by atoms with van der Waals surface area (Å²) < 4.78 is 9.84. The van der Waals surface area contributed by atoms with Gasteiger partial charge in [0.2, 0.25) is 11.8 Å². The molecule has 2 aromatic heterocycles. The number of ether oxygens (including phenoxy) is 2. The molecule has 9 unspecified atom stereocenters. The first-order valence-corrected chi connectivity index (χ1v) is 29.2. The Labute approximate surface area is 465 Å². The van der Waals surface area contributed by atoms with Crippen molar-refractivity contribution in [3.8, 4) is 44.8 Å². The number of nitrogens with one attached hydrogen (secondary N) is 4. The topological polar surface area (TPSA) is 175 Å². The molecule has 0 radical (unpaired) electrons. The van der Waals surface area contributed by atoms with Gasteiger partial charge in [-0.15, -0.1) is 0 Å². The van der Waals surface area contributed by atoms with E-state index in [0.717, 1.165) is 105 Å². The van der Waals surface area contributed by atoms with E-state index in [4.69, 9.17) is 19.4 Å². The lowest BCUT2D eigenvalue weighted by Crippen LogP contribution is -2.53. The zero-order chi connectivity index (χ0) is 55.1. The van der Waals surface area contributed by atoms with Crippen LogP contribution in [0, 0.1) is 23.7 Å². The van der Waals surface area contributed by atoms with Gasteiger partial charge in [-0.25, -0.2) is 19.6 Å². The van der Waals surface area contributed by atoms with Gasteiger partial charge in [0.25, 0.3) is 0 Å². The lowest BCUT2D eigenvalue weighted by Gasteiger charge is -2.36. The SMILES string of the molecule is COC(=O)NC(C(=O)N1C(c2ncc(-c3ccc(-c4cc5ccc4CCc4ccc(c(-c6ccc(-c7cnc(C8CC9CCCCC9N8C(=O)C(NC(=O)OC)C(C)C)[nH]7)cc6)c4)CC5C)cc3)[nH]2)CC2CCCCC21)C(C)C. The largest absolute Gasteiger partial charge is 0.453 e. The Morgan fingerprint density at radius 1 is 0.570 bits per heavy atom. The van der Waals surface area contributed by atoms with E-state index >= 15 is 0 Å². The van der Waals surface area contributed by atoms with E-state index in [1.165, 1.54) is 71.6 Å². The molecule has 2 aliphatic heterocycles. The van der Waals surface area contributed by atoms with Crippen LogP contribution in [-0.2, 0) is 38.3 Å². The van der Waals surface area contributed by atoms with Crippen LogP contribution in [0.4, 0.5) is 9.59 Å². The van der Waals surface area contributed by atoms with Crippen molar-refractivity contribution in [2.75, 3.05) is 14.2 Å². The first kappa shape index (κ1) is 53.8. The molecule has 4 heterocycles. The molecule has 4 bridgehead atoms. The predicted molar refractivity (Wildman–Crippen MR) is 307 cm³/mol. The Morgan fingerprint density at radius 2 is 1.03 bits per heavy atom. The van der Waals surface area contributed by atoms with Crippen LogP contribution in [0.15, 0.2) is 97.3 Å². The van der Waals surface area contributed by atoms with Crippen LogP contribution >= 0.6 is 0 Å². The highest BCUT2D eigenvalue weighted by atomic mass is 16.5. The highest BCUT2D eigenvalue weighted by molar-refractivity contribution is 5.88. The quantitative estimate of drug-likeness (QED) is 0.0937. The van der Waals surface area contributed by atoms with Crippen molar-refractivity contribution >= 4 is 24.0 Å². The smallest absolute Gasteiger partial charge is 0.407 e. The molecule has 4 fully saturated rings. The highest BCUT2D eigenvalue weighted by Gasteiger charge is 2.50. The van der Waals surface area contributed by atoms with Gasteiger partial charge in [0.1, 0.15) is 23.7 Å². The lowest BCUT2D eigenvalue weighted by atomic mass is 9.84. The molecule has 0 spiro atoms. The van der Waals surface area contributed by atoms with E-state index in [-0.39, 0.29) is 53.7 Å². The molecule has 4 amide bonds. The Kier molecular flexibility index (Phi) is 15.6. The monoisotopic (exact) mass is 1070 g/mol. The predicted octanol–water partition coefficient (Wildman–Crippen LogP) is 12.7. The second-order valence-corrected chi connectivity index (χ2v) is 24.0. The number of likely N-dealkylation sites (tertiary alicyclic amines) is 2. The van der Waals surface area contributed by atoms with Crippen molar-refractivity contribution in [3.63, 3.8) is 0 Å². The second kappa shape index (κ2) is 22.9. The van der Waals surface area contributed by atoms with Crippen molar-refractivity contribution in [2.24, 2.45) is 23.7 Å². The number of methoxy groups -OCH3 is 2. The summed E-state index contributed by atoms with van der Waals surface area (Å²) in [4.78, 5) is 74.8. The fourth-order valence-corrected chi connectivity index (χ4v) is 14.1. The van der Waals surface area contributed by atoms with Gasteiger partial charge in [-0.05, 0) is 143 Å². The number of benzene rings is 4. The zero-order valence-corrected chi connectivity index (χ0v) is 47.0. The maximum atomic E-state index is 14.4. The minimum absolute atomic E-state index is 0.0691. The van der Waals surface area contributed by atoms with Crippen molar-refractivity contribution in [1.82, 2.24) is 40.4 Å². The average Bonchev–Trinajstić information content (AvgIpc) is 4.32. The molecule has 8 aliphatic rings. The van der Waals surface area contributed by atoms with Gasteiger partial charge in [-0.3, -0.25) is 9.59 Å². The lowest BCUT2D eigenvalue weighted by molar-refractivity contribution is -0.139. The summed E-state index contributed by atoms with van der Waals surface area (Å²) in [6.07, 6.45) is 15.6. The van der Waals surface area contributed by atoms with Crippen LogP contribution in [-0.4, -0.2) is 92.1 Å². The Morgan fingerprint density at radius 3 is 1.51 bits per heavy atom. The average molecular weight is 1070 g/mol. The van der Waals surface area contributed by atoms with E-state index in [9.17, 15) is 19.2 Å². The van der Waals surface area contributed by atoms with Crippen LogP contribution in [0.25, 0.3) is 44.8 Å². The molecule has 14 heteroatoms. The number of carbonyl (C=O) groups excluding carboxylic acids is 4. The van der Waals surface area contributed by atoms with E-state index in [1.54, 1.807) is 0 Å². The molecule has 2 saturated carbocycles. The van der Waals surface area contributed by atoms with Gasteiger partial charge in [0, 0.05) is 12.1 Å². The molecule has 6 aromatic rings. The molecule has 9 atom stereocenters. The molecule has 4 N–H and O–H groups in total. The molecular formula is C65H78N8O6. The number of carbonyl (C=O) groups is 4. The summed E-state index contributed by atoms with van der Waals surface area (Å²) in [6.45, 7) is 10.2. The molecule has 414 valence electrons. The van der Waals surface area contributed by atoms with Crippen LogP contribution in [0.5, 0.6) is 0 Å².